The molecule has 1 aromatic heterocycles. The van der Waals surface area contributed by atoms with Crippen molar-refractivity contribution < 1.29 is 18.0 Å². The van der Waals surface area contributed by atoms with Gasteiger partial charge in [0.25, 0.3) is 11.8 Å². The van der Waals surface area contributed by atoms with E-state index in [0.29, 0.717) is 35.1 Å². The highest BCUT2D eigenvalue weighted by Crippen LogP contribution is 2.25. The summed E-state index contributed by atoms with van der Waals surface area (Å²) in [6, 6.07) is 7.52. The van der Waals surface area contributed by atoms with Crippen LogP contribution in [-0.4, -0.2) is 44.7 Å². The second kappa shape index (κ2) is 8.42. The molecule has 2 heterocycles. The fraction of sp³-hybridized carbons (Fsp3) is 0.368. The van der Waals surface area contributed by atoms with E-state index in [1.54, 1.807) is 11.4 Å². The molecule has 28 heavy (non-hydrogen) atoms. The van der Waals surface area contributed by atoms with E-state index in [0.717, 1.165) is 12.8 Å². The third-order valence-corrected chi connectivity index (χ3v) is 7.45. The lowest BCUT2D eigenvalue weighted by molar-refractivity contribution is 0.0964. The van der Waals surface area contributed by atoms with Crippen LogP contribution in [0.3, 0.4) is 0 Å². The number of carbonyl (C=O) groups excluding carboxylic acids is 2. The lowest BCUT2D eigenvalue weighted by Gasteiger charge is -2.30. The number of thiophene rings is 1. The van der Waals surface area contributed by atoms with Crippen molar-refractivity contribution in [2.45, 2.75) is 24.7 Å². The van der Waals surface area contributed by atoms with E-state index in [1.807, 2.05) is 6.92 Å². The van der Waals surface area contributed by atoms with Crippen LogP contribution in [-0.2, 0) is 10.0 Å². The largest absolute Gasteiger partial charge is 0.355 e. The predicted octanol–water partition coefficient (Wildman–Crippen LogP) is 2.78. The number of amides is 2. The summed E-state index contributed by atoms with van der Waals surface area (Å²) >= 11 is 1.25. The third-order valence-electron chi connectivity index (χ3n) is 4.74. The molecule has 1 atom stereocenters. The van der Waals surface area contributed by atoms with Crippen molar-refractivity contribution in [3.8, 4) is 0 Å². The van der Waals surface area contributed by atoms with Crippen molar-refractivity contribution in [3.05, 3.63) is 46.8 Å². The summed E-state index contributed by atoms with van der Waals surface area (Å²) in [5, 5.41) is 7.40. The molecule has 1 unspecified atom stereocenters. The highest BCUT2D eigenvalue weighted by Gasteiger charge is 2.28. The number of hydrogen-bond donors (Lipinski definition) is 2. The molecule has 3 rings (SSSR count). The molecule has 9 heteroatoms. The predicted molar refractivity (Wildman–Crippen MR) is 109 cm³/mol. The number of sulfonamides is 1. The van der Waals surface area contributed by atoms with Crippen LogP contribution in [0, 0.1) is 5.92 Å². The van der Waals surface area contributed by atoms with E-state index in [4.69, 9.17) is 0 Å². The fourth-order valence-electron chi connectivity index (χ4n) is 3.19. The molecule has 0 spiro atoms. The molecular weight excluding hydrogens is 398 g/mol. The minimum atomic E-state index is -3.56. The first kappa shape index (κ1) is 20.5. The highest BCUT2D eigenvalue weighted by molar-refractivity contribution is 7.89. The van der Waals surface area contributed by atoms with Gasteiger partial charge in [0.1, 0.15) is 5.00 Å². The number of anilines is 1. The molecule has 150 valence electrons. The monoisotopic (exact) mass is 421 g/mol. The Hall–Kier alpha value is -2.23. The average molecular weight is 422 g/mol. The zero-order chi connectivity index (χ0) is 20.3. The molecule has 2 amide bonds. The van der Waals surface area contributed by atoms with Crippen LogP contribution in [0.4, 0.5) is 5.00 Å². The number of benzene rings is 1. The van der Waals surface area contributed by atoms with Gasteiger partial charge in [0.05, 0.1) is 10.5 Å². The minimum Gasteiger partial charge on any atom is -0.355 e. The Morgan fingerprint density at radius 1 is 1.14 bits per heavy atom. The Balaban J connectivity index is 1.74. The van der Waals surface area contributed by atoms with Crippen LogP contribution in [0.5, 0.6) is 0 Å². The van der Waals surface area contributed by atoms with Crippen LogP contribution >= 0.6 is 11.3 Å². The summed E-state index contributed by atoms with van der Waals surface area (Å²) in [4.78, 5) is 24.5. The van der Waals surface area contributed by atoms with E-state index in [2.05, 4.69) is 10.6 Å². The molecular formula is C19H23N3O4S2. The summed E-state index contributed by atoms with van der Waals surface area (Å²) < 4.78 is 27.1. The van der Waals surface area contributed by atoms with Gasteiger partial charge in [-0.25, -0.2) is 8.42 Å². The minimum absolute atomic E-state index is 0.181. The van der Waals surface area contributed by atoms with Crippen LogP contribution in [0.25, 0.3) is 0 Å². The van der Waals surface area contributed by atoms with Gasteiger partial charge < -0.3 is 10.6 Å². The summed E-state index contributed by atoms with van der Waals surface area (Å²) in [5.74, 6) is -0.342. The van der Waals surface area contributed by atoms with Crippen LogP contribution in [0.15, 0.2) is 40.6 Å². The number of nitrogens with one attached hydrogen (secondary N) is 2. The van der Waals surface area contributed by atoms with Gasteiger partial charge in [0.2, 0.25) is 10.0 Å². The van der Waals surface area contributed by atoms with Crippen molar-refractivity contribution in [2.75, 3.05) is 25.5 Å². The van der Waals surface area contributed by atoms with Gasteiger partial charge >= 0.3 is 0 Å². The Bertz CT molecular complexity index is 967. The van der Waals surface area contributed by atoms with Gasteiger partial charge in [0, 0.05) is 25.7 Å². The quantitative estimate of drug-likeness (QED) is 0.776. The average Bonchev–Trinajstić information content (AvgIpc) is 3.15. The second-order valence-corrected chi connectivity index (χ2v) is 9.69. The third kappa shape index (κ3) is 4.26. The van der Waals surface area contributed by atoms with Gasteiger partial charge in [0.15, 0.2) is 0 Å². The standard InChI is InChI=1S/C19H23N3O4S2/c1-13-4-3-10-22(12-13)28(25,26)15-7-5-14(6-8-15)17(23)21-19-16(9-11-27-19)18(24)20-2/h5-9,11,13H,3-4,10,12H2,1-2H3,(H,20,24)(H,21,23). The summed E-state index contributed by atoms with van der Waals surface area (Å²) in [7, 11) is -2.04. The van der Waals surface area contributed by atoms with Gasteiger partial charge in [-0.15, -0.1) is 11.3 Å². The number of piperidine rings is 1. The van der Waals surface area contributed by atoms with E-state index < -0.39 is 15.9 Å². The molecule has 1 aliphatic heterocycles. The Labute approximate surface area is 168 Å². The maximum atomic E-state index is 12.8. The lowest BCUT2D eigenvalue weighted by Crippen LogP contribution is -2.39. The first-order valence-corrected chi connectivity index (χ1v) is 11.4. The molecule has 1 fully saturated rings. The summed E-state index contributed by atoms with van der Waals surface area (Å²) in [6.45, 7) is 3.09. The molecule has 0 aliphatic carbocycles. The maximum absolute atomic E-state index is 12.8. The van der Waals surface area contributed by atoms with E-state index in [9.17, 15) is 18.0 Å². The Morgan fingerprint density at radius 2 is 1.86 bits per heavy atom. The molecule has 1 aromatic carbocycles. The summed E-state index contributed by atoms with van der Waals surface area (Å²) in [5.41, 5.74) is 0.710. The molecule has 1 saturated heterocycles. The van der Waals surface area contributed by atoms with E-state index >= 15 is 0 Å². The van der Waals surface area contributed by atoms with Crippen LogP contribution in [0.2, 0.25) is 0 Å². The number of carbonyl (C=O) groups is 2. The fourth-order valence-corrected chi connectivity index (χ4v) is 5.56. The first-order valence-electron chi connectivity index (χ1n) is 9.04. The lowest BCUT2D eigenvalue weighted by atomic mass is 10.0. The Kier molecular flexibility index (Phi) is 6.17. The smallest absolute Gasteiger partial charge is 0.256 e. The first-order chi connectivity index (χ1) is 13.3. The van der Waals surface area contributed by atoms with Crippen LogP contribution < -0.4 is 10.6 Å². The Morgan fingerprint density at radius 3 is 2.50 bits per heavy atom. The van der Waals surface area contributed by atoms with E-state index in [1.165, 1.54) is 47.0 Å². The molecule has 1 aliphatic rings. The highest BCUT2D eigenvalue weighted by atomic mass is 32.2. The summed E-state index contributed by atoms with van der Waals surface area (Å²) in [6.07, 6.45) is 1.89. The number of rotatable bonds is 5. The second-order valence-electron chi connectivity index (χ2n) is 6.83. The zero-order valence-electron chi connectivity index (χ0n) is 15.8. The molecule has 0 radical (unpaired) electrons. The SMILES string of the molecule is CNC(=O)c1ccsc1NC(=O)c1ccc(S(=O)(=O)N2CCCC(C)C2)cc1. The van der Waals surface area contributed by atoms with Crippen molar-refractivity contribution in [3.63, 3.8) is 0 Å². The molecule has 2 aromatic rings. The number of hydrogen-bond acceptors (Lipinski definition) is 5. The van der Waals surface area contributed by atoms with Crippen LogP contribution in [0.1, 0.15) is 40.5 Å². The van der Waals surface area contributed by atoms with Gasteiger partial charge in [-0.3, -0.25) is 9.59 Å². The number of nitrogens with zero attached hydrogens (tertiary/aromatic N) is 1. The zero-order valence-corrected chi connectivity index (χ0v) is 17.4. The normalized spacial score (nSPS) is 17.9. The molecule has 2 N–H and O–H groups in total. The van der Waals surface area contributed by atoms with Crippen molar-refractivity contribution in [1.29, 1.82) is 0 Å². The molecule has 0 bridgehead atoms. The van der Waals surface area contributed by atoms with Gasteiger partial charge in [-0.1, -0.05) is 6.92 Å². The van der Waals surface area contributed by atoms with E-state index in [-0.39, 0.29) is 10.8 Å². The maximum Gasteiger partial charge on any atom is 0.256 e. The molecule has 0 saturated carbocycles. The van der Waals surface area contributed by atoms with Crippen molar-refractivity contribution >= 4 is 38.2 Å². The van der Waals surface area contributed by atoms with Crippen molar-refractivity contribution in [2.24, 2.45) is 5.92 Å². The van der Waals surface area contributed by atoms with Gasteiger partial charge in [-0.2, -0.15) is 4.31 Å². The van der Waals surface area contributed by atoms with Gasteiger partial charge in [-0.05, 0) is 54.5 Å². The van der Waals surface area contributed by atoms with Crippen molar-refractivity contribution in [1.82, 2.24) is 9.62 Å². The topological polar surface area (TPSA) is 95.6 Å². The molecule has 7 nitrogen and oxygen atoms in total.